The topological polar surface area (TPSA) is 154 Å². The molecule has 1 amide bonds. The Hall–Kier alpha value is -4.28. The van der Waals surface area contributed by atoms with Crippen LogP contribution in [0.4, 0.5) is 22.7 Å². The van der Waals surface area contributed by atoms with Crippen LogP contribution in [0.5, 0.6) is 5.75 Å². The lowest BCUT2D eigenvalue weighted by molar-refractivity contribution is 0.102. The molecule has 0 saturated carbocycles. The fraction of sp³-hybridized carbons (Fsp3) is 0.0800. The van der Waals surface area contributed by atoms with E-state index >= 15 is 0 Å². The van der Waals surface area contributed by atoms with Gasteiger partial charge in [0.25, 0.3) is 16.0 Å². The average molecular weight is 491 g/mol. The van der Waals surface area contributed by atoms with Gasteiger partial charge in [0.1, 0.15) is 10.6 Å². The summed E-state index contributed by atoms with van der Waals surface area (Å²) in [6, 6.07) is 17.5. The fourth-order valence-corrected chi connectivity index (χ4v) is 4.29. The van der Waals surface area contributed by atoms with Gasteiger partial charge < -0.3 is 16.2 Å². The zero-order valence-corrected chi connectivity index (χ0v) is 19.7. The van der Waals surface area contributed by atoms with Gasteiger partial charge in [0.2, 0.25) is 0 Å². The van der Waals surface area contributed by atoms with E-state index in [-0.39, 0.29) is 10.8 Å². The summed E-state index contributed by atoms with van der Waals surface area (Å²) < 4.78 is 34.0. The molecule has 178 valence electrons. The van der Waals surface area contributed by atoms with E-state index < -0.39 is 32.4 Å². The van der Waals surface area contributed by atoms with Crippen LogP contribution >= 0.6 is 0 Å². The van der Waals surface area contributed by atoms with Gasteiger partial charge in [0.05, 0.1) is 5.69 Å². The van der Waals surface area contributed by atoms with Gasteiger partial charge in [-0.15, -0.1) is 5.11 Å². The number of aromatic hydroxyl groups is 1. The molecule has 0 spiro atoms. The standard InChI is InChI=1S/C25H22N4O5S/c1-14-6-9-21(15(2)10-14)28-29-23-22(35(32,33)34)13-17-12-19(7-8-20(17)24(23)30)27-25(31)16-4-3-5-18(26)11-16/h3-13,30H,26H2,1-2H3,(H,27,31)(H,32,33,34). The van der Waals surface area contributed by atoms with E-state index in [4.69, 9.17) is 5.73 Å². The Labute approximate surface area is 201 Å². The smallest absolute Gasteiger partial charge is 0.296 e. The summed E-state index contributed by atoms with van der Waals surface area (Å²) in [6.07, 6.45) is 0. The van der Waals surface area contributed by atoms with Crippen LogP contribution in [0.25, 0.3) is 10.8 Å². The number of nitrogens with one attached hydrogen (secondary N) is 1. The van der Waals surface area contributed by atoms with Gasteiger partial charge in [0.15, 0.2) is 5.75 Å². The molecule has 0 unspecified atom stereocenters. The van der Waals surface area contributed by atoms with Crippen molar-refractivity contribution in [2.24, 2.45) is 10.2 Å². The summed E-state index contributed by atoms with van der Waals surface area (Å²) in [7, 11) is -4.77. The second kappa shape index (κ2) is 9.16. The highest BCUT2D eigenvalue weighted by atomic mass is 32.2. The lowest BCUT2D eigenvalue weighted by Gasteiger charge is -2.11. The number of carbonyl (C=O) groups is 1. The molecule has 0 aliphatic heterocycles. The first-order valence-electron chi connectivity index (χ1n) is 10.5. The summed E-state index contributed by atoms with van der Waals surface area (Å²) in [6.45, 7) is 3.75. The Morgan fingerprint density at radius 1 is 0.971 bits per heavy atom. The molecule has 5 N–H and O–H groups in total. The van der Waals surface area contributed by atoms with Crippen molar-refractivity contribution in [1.29, 1.82) is 0 Å². The van der Waals surface area contributed by atoms with Crippen LogP contribution in [-0.4, -0.2) is 24.0 Å². The van der Waals surface area contributed by atoms with Gasteiger partial charge in [-0.3, -0.25) is 9.35 Å². The molecule has 4 rings (SSSR count). The van der Waals surface area contributed by atoms with Crippen LogP contribution in [0.2, 0.25) is 0 Å². The van der Waals surface area contributed by atoms with Crippen molar-refractivity contribution in [2.45, 2.75) is 18.7 Å². The Morgan fingerprint density at radius 2 is 1.74 bits per heavy atom. The first-order valence-corrected chi connectivity index (χ1v) is 11.9. The van der Waals surface area contributed by atoms with E-state index in [1.165, 1.54) is 18.2 Å². The van der Waals surface area contributed by atoms with Crippen molar-refractivity contribution >= 4 is 49.5 Å². The van der Waals surface area contributed by atoms with Crippen LogP contribution in [0.15, 0.2) is 81.9 Å². The van der Waals surface area contributed by atoms with Gasteiger partial charge in [-0.05, 0) is 73.3 Å². The monoisotopic (exact) mass is 490 g/mol. The predicted octanol–water partition coefficient (Wildman–Crippen LogP) is 5.66. The first-order chi connectivity index (χ1) is 16.5. The Morgan fingerprint density at radius 3 is 2.43 bits per heavy atom. The number of fused-ring (bicyclic) bond motifs is 1. The molecular formula is C25H22N4O5S. The highest BCUT2D eigenvalue weighted by Gasteiger charge is 2.22. The van der Waals surface area contributed by atoms with Crippen LogP contribution in [0.1, 0.15) is 21.5 Å². The van der Waals surface area contributed by atoms with Crippen molar-refractivity contribution in [1.82, 2.24) is 0 Å². The third kappa shape index (κ3) is 5.13. The minimum atomic E-state index is -4.77. The minimum Gasteiger partial charge on any atom is -0.505 e. The van der Waals surface area contributed by atoms with Crippen molar-refractivity contribution in [3.8, 4) is 5.75 Å². The largest absolute Gasteiger partial charge is 0.505 e. The molecule has 0 bridgehead atoms. The zero-order chi connectivity index (χ0) is 25.3. The summed E-state index contributed by atoms with van der Waals surface area (Å²) in [4.78, 5) is 11.9. The third-order valence-electron chi connectivity index (χ3n) is 5.35. The van der Waals surface area contributed by atoms with E-state index in [9.17, 15) is 22.9 Å². The molecule has 10 heteroatoms. The Kier molecular flexibility index (Phi) is 6.25. The lowest BCUT2D eigenvalue weighted by Crippen LogP contribution is -2.12. The van der Waals surface area contributed by atoms with E-state index in [1.807, 2.05) is 26.0 Å². The molecule has 9 nitrogen and oxygen atoms in total. The predicted molar refractivity (Wildman–Crippen MR) is 134 cm³/mol. The number of azo groups is 1. The number of nitrogens with zero attached hydrogens (tertiary/aromatic N) is 2. The van der Waals surface area contributed by atoms with Crippen molar-refractivity contribution < 1.29 is 22.9 Å². The van der Waals surface area contributed by atoms with Crippen LogP contribution in [-0.2, 0) is 10.1 Å². The molecule has 0 radical (unpaired) electrons. The first kappa shape index (κ1) is 23.9. The lowest BCUT2D eigenvalue weighted by atomic mass is 10.1. The molecular weight excluding hydrogens is 468 g/mol. The molecule has 4 aromatic rings. The SMILES string of the molecule is Cc1ccc(N=Nc2c(S(=O)(=O)O)cc3cc(NC(=O)c4cccc(N)c4)ccc3c2O)c(C)c1. The van der Waals surface area contributed by atoms with E-state index in [0.717, 1.165) is 17.2 Å². The second-order valence-electron chi connectivity index (χ2n) is 8.05. The van der Waals surface area contributed by atoms with Crippen molar-refractivity contribution in [2.75, 3.05) is 11.1 Å². The molecule has 0 saturated heterocycles. The maximum absolute atomic E-state index is 12.5. The molecule has 0 aliphatic carbocycles. The number of benzene rings is 4. The molecule has 0 heterocycles. The quantitative estimate of drug-likeness (QED) is 0.161. The van der Waals surface area contributed by atoms with E-state index in [2.05, 4.69) is 15.5 Å². The Balaban J connectivity index is 1.77. The third-order valence-corrected chi connectivity index (χ3v) is 6.21. The second-order valence-corrected chi connectivity index (χ2v) is 9.44. The number of hydrogen-bond acceptors (Lipinski definition) is 7. The molecule has 0 aliphatic rings. The average Bonchev–Trinajstić information content (AvgIpc) is 2.78. The Bertz CT molecular complexity index is 1610. The van der Waals surface area contributed by atoms with Crippen molar-refractivity contribution in [3.05, 3.63) is 83.4 Å². The maximum Gasteiger partial charge on any atom is 0.296 e. The highest BCUT2D eigenvalue weighted by molar-refractivity contribution is 7.86. The number of rotatable bonds is 5. The fourth-order valence-electron chi connectivity index (χ4n) is 3.63. The molecule has 4 aromatic carbocycles. The summed E-state index contributed by atoms with van der Waals surface area (Å²) in [5.41, 5.74) is 8.76. The van der Waals surface area contributed by atoms with E-state index in [1.54, 1.807) is 30.3 Å². The number of hydrogen-bond donors (Lipinski definition) is 4. The molecule has 0 aromatic heterocycles. The number of nitrogen functional groups attached to an aromatic ring is 1. The van der Waals surface area contributed by atoms with Gasteiger partial charge in [0, 0.05) is 22.3 Å². The minimum absolute atomic E-state index is 0.256. The van der Waals surface area contributed by atoms with Gasteiger partial charge >= 0.3 is 0 Å². The number of phenolic OH excluding ortho intramolecular Hbond substituents is 1. The number of carbonyl (C=O) groups excluding carboxylic acids is 1. The molecule has 35 heavy (non-hydrogen) atoms. The van der Waals surface area contributed by atoms with E-state index in [0.29, 0.717) is 22.6 Å². The number of amides is 1. The van der Waals surface area contributed by atoms with Crippen LogP contribution in [0.3, 0.4) is 0 Å². The summed E-state index contributed by atoms with van der Waals surface area (Å²) in [5, 5.41) is 22.1. The molecule has 0 atom stereocenters. The van der Waals surface area contributed by atoms with Crippen molar-refractivity contribution in [3.63, 3.8) is 0 Å². The number of aryl methyl sites for hydroxylation is 2. The summed E-state index contributed by atoms with van der Waals surface area (Å²) >= 11 is 0. The number of nitrogens with two attached hydrogens (primary N) is 1. The zero-order valence-electron chi connectivity index (χ0n) is 18.9. The molecule has 0 fully saturated rings. The highest BCUT2D eigenvalue weighted by Crippen LogP contribution is 2.42. The van der Waals surface area contributed by atoms with Crippen LogP contribution < -0.4 is 11.1 Å². The van der Waals surface area contributed by atoms with Gasteiger partial charge in [-0.1, -0.05) is 23.8 Å². The number of phenols is 1. The number of anilines is 2. The normalized spacial score (nSPS) is 11.7. The van der Waals surface area contributed by atoms with Crippen LogP contribution in [0, 0.1) is 13.8 Å². The van der Waals surface area contributed by atoms with Gasteiger partial charge in [-0.2, -0.15) is 13.5 Å². The maximum atomic E-state index is 12.5. The summed E-state index contributed by atoms with van der Waals surface area (Å²) in [5.74, 6) is -0.896. The van der Waals surface area contributed by atoms with Gasteiger partial charge in [-0.25, -0.2) is 0 Å².